The molecule has 2 rings (SSSR count). The maximum atomic E-state index is 5.04. The molecule has 1 aliphatic carbocycles. The molecule has 14 heavy (non-hydrogen) atoms. The lowest BCUT2D eigenvalue weighted by atomic mass is 10.1. The van der Waals surface area contributed by atoms with E-state index in [9.17, 15) is 0 Å². The number of aromatic nitrogens is 2. The highest BCUT2D eigenvalue weighted by Crippen LogP contribution is 2.24. The normalized spacial score (nSPS) is 27.0. The second kappa shape index (κ2) is 4.09. The molecule has 1 N–H and O–H groups in total. The van der Waals surface area contributed by atoms with E-state index in [0.29, 0.717) is 24.3 Å². The monoisotopic (exact) mass is 195 g/mol. The van der Waals surface area contributed by atoms with E-state index in [2.05, 4.69) is 22.4 Å². The van der Waals surface area contributed by atoms with E-state index in [0.717, 1.165) is 5.92 Å². The van der Waals surface area contributed by atoms with E-state index in [1.807, 2.05) is 6.92 Å². The molecule has 2 unspecified atom stereocenters. The zero-order chi connectivity index (χ0) is 9.97. The van der Waals surface area contributed by atoms with E-state index in [4.69, 9.17) is 4.52 Å². The van der Waals surface area contributed by atoms with Crippen molar-refractivity contribution in [2.45, 2.75) is 45.7 Å². The van der Waals surface area contributed by atoms with Crippen LogP contribution in [0.5, 0.6) is 0 Å². The molecule has 0 aliphatic heterocycles. The van der Waals surface area contributed by atoms with Crippen LogP contribution in [0.2, 0.25) is 0 Å². The number of nitrogens with one attached hydrogen (secondary N) is 1. The summed E-state index contributed by atoms with van der Waals surface area (Å²) in [4.78, 5) is 4.16. The van der Waals surface area contributed by atoms with Crippen LogP contribution in [-0.2, 0) is 6.54 Å². The maximum Gasteiger partial charge on any atom is 0.240 e. The van der Waals surface area contributed by atoms with Gasteiger partial charge < -0.3 is 9.84 Å². The zero-order valence-electron chi connectivity index (χ0n) is 8.79. The van der Waals surface area contributed by atoms with Crippen molar-refractivity contribution in [3.63, 3.8) is 0 Å². The lowest BCUT2D eigenvalue weighted by Crippen LogP contribution is -2.30. The topological polar surface area (TPSA) is 51.0 Å². The van der Waals surface area contributed by atoms with Gasteiger partial charge in [0.05, 0.1) is 6.54 Å². The first kappa shape index (κ1) is 9.65. The summed E-state index contributed by atoms with van der Waals surface area (Å²) in [7, 11) is 0. The average molecular weight is 195 g/mol. The van der Waals surface area contributed by atoms with Gasteiger partial charge in [-0.2, -0.15) is 4.98 Å². The second-order valence-electron chi connectivity index (χ2n) is 4.13. The molecular weight excluding hydrogens is 178 g/mol. The van der Waals surface area contributed by atoms with Crippen molar-refractivity contribution in [3.05, 3.63) is 11.7 Å². The van der Waals surface area contributed by atoms with Crippen LogP contribution in [-0.4, -0.2) is 16.2 Å². The Morgan fingerprint density at radius 1 is 1.50 bits per heavy atom. The fourth-order valence-corrected chi connectivity index (χ4v) is 2.08. The Labute approximate surface area is 84.1 Å². The molecule has 1 aromatic rings. The molecule has 1 fully saturated rings. The Morgan fingerprint density at radius 2 is 2.36 bits per heavy atom. The van der Waals surface area contributed by atoms with Crippen molar-refractivity contribution in [1.82, 2.24) is 15.5 Å². The Hall–Kier alpha value is -0.900. The van der Waals surface area contributed by atoms with E-state index in [-0.39, 0.29) is 0 Å². The molecule has 4 heteroatoms. The van der Waals surface area contributed by atoms with Gasteiger partial charge in [-0.3, -0.25) is 0 Å². The predicted molar refractivity (Wildman–Crippen MR) is 52.7 cm³/mol. The first-order valence-corrected chi connectivity index (χ1v) is 5.28. The Bertz CT molecular complexity index is 297. The summed E-state index contributed by atoms with van der Waals surface area (Å²) in [6.07, 6.45) is 3.94. The number of hydrogen-bond acceptors (Lipinski definition) is 4. The fraction of sp³-hybridized carbons (Fsp3) is 0.800. The second-order valence-corrected chi connectivity index (χ2v) is 4.13. The first-order valence-electron chi connectivity index (χ1n) is 5.28. The quantitative estimate of drug-likeness (QED) is 0.796. The number of rotatable bonds is 3. The van der Waals surface area contributed by atoms with Crippen LogP contribution in [0.25, 0.3) is 0 Å². The molecule has 78 valence electrons. The minimum absolute atomic E-state index is 0.627. The highest BCUT2D eigenvalue weighted by Gasteiger charge is 2.22. The molecule has 0 saturated heterocycles. The third kappa shape index (κ3) is 2.12. The van der Waals surface area contributed by atoms with E-state index in [1.54, 1.807) is 0 Å². The third-order valence-electron chi connectivity index (χ3n) is 2.95. The lowest BCUT2D eigenvalue weighted by molar-refractivity contribution is 0.341. The molecular formula is C10H17N3O. The largest absolute Gasteiger partial charge is 0.338 e. The molecule has 1 aromatic heterocycles. The first-order chi connectivity index (χ1) is 6.75. The molecule has 0 radical (unpaired) electrons. The van der Waals surface area contributed by atoms with Gasteiger partial charge in [-0.1, -0.05) is 18.5 Å². The maximum absolute atomic E-state index is 5.04. The van der Waals surface area contributed by atoms with Crippen LogP contribution in [0, 0.1) is 12.8 Å². The number of aryl methyl sites for hydroxylation is 1. The highest BCUT2D eigenvalue weighted by atomic mass is 16.5. The van der Waals surface area contributed by atoms with Crippen molar-refractivity contribution >= 4 is 0 Å². The van der Waals surface area contributed by atoms with Crippen molar-refractivity contribution in [2.24, 2.45) is 5.92 Å². The van der Waals surface area contributed by atoms with Crippen molar-refractivity contribution in [2.75, 3.05) is 0 Å². The predicted octanol–water partition coefficient (Wildman–Crippen LogP) is 1.66. The van der Waals surface area contributed by atoms with E-state index in [1.165, 1.54) is 19.3 Å². The van der Waals surface area contributed by atoms with Crippen molar-refractivity contribution < 1.29 is 4.52 Å². The summed E-state index contributed by atoms with van der Waals surface area (Å²) in [6.45, 7) is 4.84. The summed E-state index contributed by atoms with van der Waals surface area (Å²) in [6, 6.07) is 0.627. The molecule has 0 spiro atoms. The molecule has 1 heterocycles. The SMILES string of the molecule is Cc1noc(CNC2CCCC2C)n1. The van der Waals surface area contributed by atoms with Crippen LogP contribution in [0.4, 0.5) is 0 Å². The van der Waals surface area contributed by atoms with Gasteiger partial charge in [-0.15, -0.1) is 0 Å². The molecule has 1 aliphatic rings. The van der Waals surface area contributed by atoms with Gasteiger partial charge >= 0.3 is 0 Å². The summed E-state index contributed by atoms with van der Waals surface area (Å²) in [5, 5.41) is 7.22. The van der Waals surface area contributed by atoms with Gasteiger partial charge in [0, 0.05) is 6.04 Å². The summed E-state index contributed by atoms with van der Waals surface area (Å²) >= 11 is 0. The molecule has 1 saturated carbocycles. The molecule has 0 aromatic carbocycles. The van der Waals surface area contributed by atoms with Gasteiger partial charge in [0.25, 0.3) is 0 Å². The molecule has 0 amide bonds. The lowest BCUT2D eigenvalue weighted by Gasteiger charge is -2.15. The molecule has 2 atom stereocenters. The van der Waals surface area contributed by atoms with Crippen LogP contribution in [0.15, 0.2) is 4.52 Å². The van der Waals surface area contributed by atoms with Gasteiger partial charge in [0.2, 0.25) is 5.89 Å². The zero-order valence-corrected chi connectivity index (χ0v) is 8.79. The standard InChI is InChI=1S/C10H17N3O/c1-7-4-3-5-9(7)11-6-10-12-8(2)13-14-10/h7,9,11H,3-6H2,1-2H3. The summed E-state index contributed by atoms with van der Waals surface area (Å²) in [5.74, 6) is 2.18. The molecule has 4 nitrogen and oxygen atoms in total. The Balaban J connectivity index is 1.82. The van der Waals surface area contributed by atoms with Gasteiger partial charge in [-0.25, -0.2) is 0 Å². The van der Waals surface area contributed by atoms with E-state index >= 15 is 0 Å². The Kier molecular flexibility index (Phi) is 2.82. The summed E-state index contributed by atoms with van der Waals surface area (Å²) < 4.78 is 5.04. The minimum atomic E-state index is 0.627. The summed E-state index contributed by atoms with van der Waals surface area (Å²) in [5.41, 5.74) is 0. The number of hydrogen-bond donors (Lipinski definition) is 1. The number of nitrogens with zero attached hydrogens (tertiary/aromatic N) is 2. The van der Waals surface area contributed by atoms with Crippen LogP contribution >= 0.6 is 0 Å². The van der Waals surface area contributed by atoms with E-state index < -0.39 is 0 Å². The Morgan fingerprint density at radius 3 is 2.93 bits per heavy atom. The van der Waals surface area contributed by atoms with Crippen LogP contribution in [0.1, 0.15) is 37.9 Å². The smallest absolute Gasteiger partial charge is 0.240 e. The van der Waals surface area contributed by atoms with Crippen molar-refractivity contribution in [1.29, 1.82) is 0 Å². The van der Waals surface area contributed by atoms with Crippen LogP contribution < -0.4 is 5.32 Å². The minimum Gasteiger partial charge on any atom is -0.338 e. The average Bonchev–Trinajstić information content (AvgIpc) is 2.72. The van der Waals surface area contributed by atoms with Gasteiger partial charge in [-0.05, 0) is 25.7 Å². The molecule has 0 bridgehead atoms. The van der Waals surface area contributed by atoms with Gasteiger partial charge in [0.1, 0.15) is 0 Å². The third-order valence-corrected chi connectivity index (χ3v) is 2.95. The van der Waals surface area contributed by atoms with Crippen LogP contribution in [0.3, 0.4) is 0 Å². The van der Waals surface area contributed by atoms with Gasteiger partial charge in [0.15, 0.2) is 5.82 Å². The fourth-order valence-electron chi connectivity index (χ4n) is 2.08. The highest BCUT2D eigenvalue weighted by molar-refractivity contribution is 4.85. The van der Waals surface area contributed by atoms with Crippen molar-refractivity contribution in [3.8, 4) is 0 Å².